The first kappa shape index (κ1) is 36.4. The predicted octanol–water partition coefficient (Wildman–Crippen LogP) is 3.19. The van der Waals surface area contributed by atoms with Gasteiger partial charge in [0.1, 0.15) is 29.5 Å². The van der Waals surface area contributed by atoms with Crippen molar-refractivity contribution in [3.8, 4) is 11.6 Å². The molecule has 4 N–H and O–H groups in total. The maximum atomic E-state index is 14.2. The Bertz CT molecular complexity index is 1810. The van der Waals surface area contributed by atoms with Crippen LogP contribution in [0.25, 0.3) is 10.8 Å². The molecule has 276 valence electrons. The van der Waals surface area contributed by atoms with E-state index in [2.05, 4.69) is 22.2 Å². The van der Waals surface area contributed by atoms with E-state index in [4.69, 9.17) is 13.7 Å². The minimum absolute atomic E-state index is 0.00629. The summed E-state index contributed by atoms with van der Waals surface area (Å²) >= 11 is 0. The first-order valence-corrected chi connectivity index (χ1v) is 18.8. The standard InChI is InChI=1S/C35H45N5O10S/c1-4-13-34(14-15-34)50-51(46,47)39-32(43)35(19-23(35)5-2)38-29(41)27-18-25(49-30-26-11-10-24(48-3)17-22(26)12-16-36-30)20-40(27)31(42)28(37-33(44)45)21-8-6-7-9-21/h5,10-12,16-17,21,23,25,27-28,37H,2,4,6-9,13-15,18-20H2,1,3H3,(H,38,41)(H,39,43)(H,44,45). The number of ether oxygens (including phenoxy) is 2. The molecule has 51 heavy (non-hydrogen) atoms. The fourth-order valence-electron chi connectivity index (χ4n) is 7.63. The van der Waals surface area contributed by atoms with Gasteiger partial charge >= 0.3 is 16.4 Å². The Kier molecular flexibility index (Phi) is 10.2. The van der Waals surface area contributed by atoms with E-state index < -0.39 is 69.4 Å². The number of benzene rings is 1. The van der Waals surface area contributed by atoms with Gasteiger partial charge in [-0.3, -0.25) is 14.4 Å². The zero-order valence-electron chi connectivity index (χ0n) is 28.8. The van der Waals surface area contributed by atoms with Crippen molar-refractivity contribution in [2.24, 2.45) is 11.8 Å². The molecule has 0 bridgehead atoms. The van der Waals surface area contributed by atoms with E-state index in [1.54, 1.807) is 31.5 Å². The molecule has 4 aliphatic rings. The molecule has 3 saturated carbocycles. The number of carboxylic acid groups (broad SMARTS) is 1. The number of pyridine rings is 1. The van der Waals surface area contributed by atoms with Gasteiger partial charge in [0.15, 0.2) is 0 Å². The molecule has 4 fully saturated rings. The Morgan fingerprint density at radius 3 is 2.55 bits per heavy atom. The number of nitrogens with zero attached hydrogens (tertiary/aromatic N) is 2. The Hall–Kier alpha value is -4.44. The second-order valence-corrected chi connectivity index (χ2v) is 15.3. The second kappa shape index (κ2) is 14.3. The van der Waals surface area contributed by atoms with E-state index in [0.29, 0.717) is 49.7 Å². The van der Waals surface area contributed by atoms with E-state index >= 15 is 0 Å². The van der Waals surface area contributed by atoms with Gasteiger partial charge in [0.2, 0.25) is 17.7 Å². The average molecular weight is 728 g/mol. The van der Waals surface area contributed by atoms with Crippen LogP contribution in [0.1, 0.15) is 71.1 Å². The largest absolute Gasteiger partial charge is 0.497 e. The summed E-state index contributed by atoms with van der Waals surface area (Å²) in [5.41, 5.74) is -2.48. The predicted molar refractivity (Wildman–Crippen MR) is 184 cm³/mol. The van der Waals surface area contributed by atoms with Crippen LogP contribution in [0, 0.1) is 11.8 Å². The molecule has 1 aliphatic heterocycles. The molecule has 4 amide bonds. The van der Waals surface area contributed by atoms with Crippen molar-refractivity contribution >= 4 is 44.9 Å². The minimum atomic E-state index is -4.50. The molecule has 1 aromatic heterocycles. The van der Waals surface area contributed by atoms with Crippen LogP contribution in [-0.2, 0) is 28.9 Å². The Morgan fingerprint density at radius 1 is 1.18 bits per heavy atom. The number of fused-ring (bicyclic) bond motifs is 1. The van der Waals surface area contributed by atoms with Crippen molar-refractivity contribution < 1.29 is 46.4 Å². The van der Waals surface area contributed by atoms with Crippen molar-refractivity contribution in [2.45, 2.75) is 100 Å². The van der Waals surface area contributed by atoms with E-state index in [1.165, 1.54) is 11.0 Å². The Balaban J connectivity index is 1.25. The number of carbonyl (C=O) groups excluding carboxylic acids is 3. The molecule has 5 unspecified atom stereocenters. The van der Waals surface area contributed by atoms with Crippen molar-refractivity contribution in [1.82, 2.24) is 25.2 Å². The third-order valence-electron chi connectivity index (χ3n) is 10.5. The zero-order chi connectivity index (χ0) is 36.6. The summed E-state index contributed by atoms with van der Waals surface area (Å²) in [7, 11) is -2.94. The van der Waals surface area contributed by atoms with Crippen molar-refractivity contribution in [1.29, 1.82) is 0 Å². The first-order valence-electron chi connectivity index (χ1n) is 17.4. The second-order valence-electron chi connectivity index (χ2n) is 14.1. The summed E-state index contributed by atoms with van der Waals surface area (Å²) < 4.78 is 44.9. The van der Waals surface area contributed by atoms with Crippen molar-refractivity contribution in [3.63, 3.8) is 0 Å². The van der Waals surface area contributed by atoms with E-state index in [0.717, 1.165) is 18.2 Å². The quantitative estimate of drug-likeness (QED) is 0.196. The third kappa shape index (κ3) is 7.76. The Labute approximate surface area is 296 Å². The normalized spacial score (nSPS) is 25.8. The number of hydrogen-bond donors (Lipinski definition) is 4. The van der Waals surface area contributed by atoms with Gasteiger partial charge in [0.25, 0.3) is 5.91 Å². The number of amides is 4. The van der Waals surface area contributed by atoms with Gasteiger partial charge in [-0.25, -0.2) is 18.7 Å². The lowest BCUT2D eigenvalue weighted by Gasteiger charge is -2.31. The van der Waals surface area contributed by atoms with Crippen LogP contribution in [0.5, 0.6) is 11.6 Å². The topological polar surface area (TPSA) is 203 Å². The van der Waals surface area contributed by atoms with Crippen LogP contribution in [0.2, 0.25) is 0 Å². The van der Waals surface area contributed by atoms with Gasteiger partial charge in [0.05, 0.1) is 19.3 Å². The first-order chi connectivity index (χ1) is 24.3. The number of nitrogens with one attached hydrogen (secondary N) is 3. The van der Waals surface area contributed by atoms with Crippen LogP contribution in [0.4, 0.5) is 4.79 Å². The highest BCUT2D eigenvalue weighted by molar-refractivity contribution is 7.85. The van der Waals surface area contributed by atoms with Gasteiger partial charge in [-0.1, -0.05) is 32.3 Å². The summed E-state index contributed by atoms with van der Waals surface area (Å²) in [6.07, 6.45) is 6.33. The number of hydrogen-bond acceptors (Lipinski definition) is 10. The van der Waals surface area contributed by atoms with E-state index in [9.17, 15) is 32.7 Å². The molecular formula is C35H45N5O10S. The molecule has 0 spiro atoms. The van der Waals surface area contributed by atoms with Crippen molar-refractivity contribution in [2.75, 3.05) is 13.7 Å². The molecule has 0 radical (unpaired) electrons. The third-order valence-corrected chi connectivity index (χ3v) is 11.6. The number of carbonyl (C=O) groups is 4. The molecule has 5 atom stereocenters. The summed E-state index contributed by atoms with van der Waals surface area (Å²) in [5, 5.41) is 16.3. The lowest BCUT2D eigenvalue weighted by molar-refractivity contribution is -0.142. The maximum Gasteiger partial charge on any atom is 0.405 e. The van der Waals surface area contributed by atoms with Gasteiger partial charge in [-0.15, -0.1) is 6.58 Å². The number of methoxy groups -OCH3 is 1. The zero-order valence-corrected chi connectivity index (χ0v) is 29.6. The molecule has 3 aliphatic carbocycles. The van der Waals surface area contributed by atoms with Crippen LogP contribution in [-0.4, -0.2) is 90.2 Å². The highest BCUT2D eigenvalue weighted by Crippen LogP contribution is 2.47. The molecule has 16 heteroatoms. The van der Waals surface area contributed by atoms with E-state index in [1.807, 2.05) is 17.7 Å². The SMILES string of the molecule is C=CC1CC1(NC(=O)C1CC(Oc2nccc3cc(OC)ccc23)CN1C(=O)C(NC(=O)O)C1CCCC1)C(=O)NS(=O)(=O)OC1(CCC)CC1. The van der Waals surface area contributed by atoms with Crippen molar-refractivity contribution in [3.05, 3.63) is 43.1 Å². The number of aromatic nitrogens is 1. The monoisotopic (exact) mass is 727 g/mol. The smallest absolute Gasteiger partial charge is 0.405 e. The summed E-state index contributed by atoms with van der Waals surface area (Å²) in [6, 6.07) is 4.90. The molecular weight excluding hydrogens is 682 g/mol. The van der Waals surface area contributed by atoms with Gasteiger partial charge in [0, 0.05) is 23.9 Å². The molecule has 1 aromatic carbocycles. The molecule has 6 rings (SSSR count). The van der Waals surface area contributed by atoms with Gasteiger partial charge < -0.3 is 30.1 Å². The highest BCUT2D eigenvalue weighted by atomic mass is 32.2. The lowest BCUT2D eigenvalue weighted by Crippen LogP contribution is -2.59. The highest BCUT2D eigenvalue weighted by Gasteiger charge is 2.62. The molecule has 1 saturated heterocycles. The van der Waals surface area contributed by atoms with Crippen LogP contribution in [0.3, 0.4) is 0 Å². The molecule has 2 heterocycles. The summed E-state index contributed by atoms with van der Waals surface area (Å²) in [5.74, 6) is -2.20. The fraction of sp³-hybridized carbons (Fsp3) is 0.571. The lowest BCUT2D eigenvalue weighted by atomic mass is 9.96. The average Bonchev–Trinajstić information content (AvgIpc) is 3.84. The van der Waals surface area contributed by atoms with Gasteiger partial charge in [-0.2, -0.15) is 8.42 Å². The van der Waals surface area contributed by atoms with Crippen LogP contribution >= 0.6 is 0 Å². The number of rotatable bonds is 15. The summed E-state index contributed by atoms with van der Waals surface area (Å²) in [6.45, 7) is 5.60. The minimum Gasteiger partial charge on any atom is -0.497 e. The Morgan fingerprint density at radius 2 is 1.92 bits per heavy atom. The molecule has 15 nitrogen and oxygen atoms in total. The molecule has 2 aromatic rings. The van der Waals surface area contributed by atoms with Crippen LogP contribution in [0.15, 0.2) is 43.1 Å². The van der Waals surface area contributed by atoms with E-state index in [-0.39, 0.29) is 31.2 Å². The number of likely N-dealkylation sites (tertiary alicyclic amines) is 1. The van der Waals surface area contributed by atoms with Crippen LogP contribution < -0.4 is 24.8 Å². The van der Waals surface area contributed by atoms with Gasteiger partial charge in [-0.05, 0) is 74.1 Å². The summed E-state index contributed by atoms with van der Waals surface area (Å²) in [4.78, 5) is 59.6. The maximum absolute atomic E-state index is 14.2. The fourth-order valence-corrected chi connectivity index (χ4v) is 8.80.